The van der Waals surface area contributed by atoms with Crippen LogP contribution in [0.1, 0.15) is 46.0 Å². The van der Waals surface area contributed by atoms with Gasteiger partial charge in [0.05, 0.1) is 12.5 Å². The van der Waals surface area contributed by atoms with Crippen molar-refractivity contribution >= 4 is 5.97 Å². The van der Waals surface area contributed by atoms with Gasteiger partial charge in [-0.2, -0.15) is 0 Å². The van der Waals surface area contributed by atoms with E-state index in [0.717, 1.165) is 19.3 Å². The van der Waals surface area contributed by atoms with E-state index < -0.39 is 5.97 Å². The number of hydrogen-bond donors (Lipinski definition) is 1. The van der Waals surface area contributed by atoms with Gasteiger partial charge in [-0.05, 0) is 39.5 Å². The maximum absolute atomic E-state index is 10.7. The number of carbonyl (C=O) groups is 1. The van der Waals surface area contributed by atoms with Crippen LogP contribution in [-0.2, 0) is 9.53 Å². The van der Waals surface area contributed by atoms with E-state index in [9.17, 15) is 4.79 Å². The van der Waals surface area contributed by atoms with E-state index in [1.165, 1.54) is 6.42 Å². The minimum Gasteiger partial charge on any atom is -0.481 e. The van der Waals surface area contributed by atoms with Crippen molar-refractivity contribution in [2.75, 3.05) is 13.7 Å². The molecule has 2 unspecified atom stereocenters. The van der Waals surface area contributed by atoms with Crippen LogP contribution in [0.15, 0.2) is 0 Å². The quantitative estimate of drug-likeness (QED) is 0.776. The summed E-state index contributed by atoms with van der Waals surface area (Å²) in [6.45, 7) is 4.92. The molecule has 0 spiro atoms. The SMILES string of the molecule is COC1CCCC(N(CCC(=O)O)C(C)C)C1. The molecule has 100 valence electrons. The molecular formula is C13H25NO3. The van der Waals surface area contributed by atoms with Crippen molar-refractivity contribution < 1.29 is 14.6 Å². The van der Waals surface area contributed by atoms with Crippen molar-refractivity contribution in [3.05, 3.63) is 0 Å². The molecule has 0 aromatic carbocycles. The fourth-order valence-electron chi connectivity index (χ4n) is 2.72. The molecule has 0 aromatic heterocycles. The first kappa shape index (κ1) is 14.5. The van der Waals surface area contributed by atoms with Gasteiger partial charge in [0.2, 0.25) is 0 Å². The van der Waals surface area contributed by atoms with Gasteiger partial charge < -0.3 is 9.84 Å². The Labute approximate surface area is 104 Å². The third-order valence-electron chi connectivity index (χ3n) is 3.65. The molecule has 0 radical (unpaired) electrons. The van der Waals surface area contributed by atoms with E-state index >= 15 is 0 Å². The molecule has 0 bridgehead atoms. The van der Waals surface area contributed by atoms with Crippen LogP contribution in [0, 0.1) is 0 Å². The molecule has 0 saturated heterocycles. The highest BCUT2D eigenvalue weighted by Crippen LogP contribution is 2.26. The van der Waals surface area contributed by atoms with E-state index in [0.29, 0.717) is 24.7 Å². The number of hydrogen-bond acceptors (Lipinski definition) is 3. The minimum atomic E-state index is -0.713. The Bertz CT molecular complexity index is 243. The largest absolute Gasteiger partial charge is 0.481 e. The lowest BCUT2D eigenvalue weighted by Gasteiger charge is -2.39. The lowest BCUT2D eigenvalue weighted by atomic mass is 9.91. The highest BCUT2D eigenvalue weighted by atomic mass is 16.5. The van der Waals surface area contributed by atoms with Crippen LogP contribution in [0.5, 0.6) is 0 Å². The summed E-state index contributed by atoms with van der Waals surface area (Å²) in [7, 11) is 1.77. The fraction of sp³-hybridized carbons (Fsp3) is 0.923. The van der Waals surface area contributed by atoms with E-state index in [4.69, 9.17) is 9.84 Å². The van der Waals surface area contributed by atoms with Gasteiger partial charge in [-0.25, -0.2) is 0 Å². The number of aliphatic carboxylic acids is 1. The number of rotatable bonds is 6. The summed E-state index contributed by atoms with van der Waals surface area (Å²) in [6, 6.07) is 0.878. The monoisotopic (exact) mass is 243 g/mol. The van der Waals surface area contributed by atoms with Gasteiger partial charge in [0.15, 0.2) is 0 Å². The maximum Gasteiger partial charge on any atom is 0.304 e. The number of carboxylic acid groups (broad SMARTS) is 1. The molecule has 0 aliphatic heterocycles. The summed E-state index contributed by atoms with van der Waals surface area (Å²) in [5.74, 6) is -0.713. The zero-order chi connectivity index (χ0) is 12.8. The normalized spacial score (nSPS) is 25.5. The van der Waals surface area contributed by atoms with Gasteiger partial charge in [0.25, 0.3) is 0 Å². The molecule has 1 N–H and O–H groups in total. The molecule has 4 heteroatoms. The number of carboxylic acids is 1. The second-order valence-electron chi connectivity index (χ2n) is 5.15. The first-order valence-corrected chi connectivity index (χ1v) is 6.55. The van der Waals surface area contributed by atoms with Gasteiger partial charge >= 0.3 is 5.97 Å². The first-order valence-electron chi connectivity index (χ1n) is 6.55. The Morgan fingerprint density at radius 1 is 1.47 bits per heavy atom. The third-order valence-corrected chi connectivity index (χ3v) is 3.65. The summed E-state index contributed by atoms with van der Waals surface area (Å²) in [5.41, 5.74) is 0. The van der Waals surface area contributed by atoms with Crippen molar-refractivity contribution in [3.8, 4) is 0 Å². The number of nitrogens with zero attached hydrogens (tertiary/aromatic N) is 1. The molecule has 1 fully saturated rings. The summed E-state index contributed by atoms with van der Waals surface area (Å²) < 4.78 is 5.43. The smallest absolute Gasteiger partial charge is 0.304 e. The van der Waals surface area contributed by atoms with Crippen molar-refractivity contribution in [1.29, 1.82) is 0 Å². The van der Waals surface area contributed by atoms with Crippen molar-refractivity contribution in [2.24, 2.45) is 0 Å². The van der Waals surface area contributed by atoms with Gasteiger partial charge in [-0.3, -0.25) is 9.69 Å². The summed E-state index contributed by atoms with van der Waals surface area (Å²) in [6.07, 6.45) is 5.09. The topological polar surface area (TPSA) is 49.8 Å². The highest BCUT2D eigenvalue weighted by Gasteiger charge is 2.28. The molecule has 1 saturated carbocycles. The van der Waals surface area contributed by atoms with Crippen molar-refractivity contribution in [1.82, 2.24) is 4.90 Å². The number of ether oxygens (including phenoxy) is 1. The fourth-order valence-corrected chi connectivity index (χ4v) is 2.72. The zero-order valence-electron chi connectivity index (χ0n) is 11.2. The van der Waals surface area contributed by atoms with Crippen LogP contribution in [0.4, 0.5) is 0 Å². The van der Waals surface area contributed by atoms with Crippen LogP contribution >= 0.6 is 0 Å². The van der Waals surface area contributed by atoms with Gasteiger partial charge in [0, 0.05) is 25.7 Å². The van der Waals surface area contributed by atoms with Crippen LogP contribution < -0.4 is 0 Å². The summed E-state index contributed by atoms with van der Waals surface area (Å²) >= 11 is 0. The molecule has 17 heavy (non-hydrogen) atoms. The Kier molecular flexibility index (Phi) is 5.92. The van der Waals surface area contributed by atoms with Crippen LogP contribution in [0.3, 0.4) is 0 Å². The highest BCUT2D eigenvalue weighted by molar-refractivity contribution is 5.66. The van der Waals surface area contributed by atoms with Crippen LogP contribution in [0.2, 0.25) is 0 Å². The van der Waals surface area contributed by atoms with E-state index in [2.05, 4.69) is 18.7 Å². The lowest BCUT2D eigenvalue weighted by Crippen LogP contribution is -2.45. The molecule has 1 rings (SSSR count). The predicted octanol–water partition coefficient (Wildman–Crippen LogP) is 2.13. The van der Waals surface area contributed by atoms with Crippen LogP contribution in [0.25, 0.3) is 0 Å². The minimum absolute atomic E-state index is 0.229. The summed E-state index contributed by atoms with van der Waals surface area (Å²) in [4.78, 5) is 13.0. The molecule has 1 aliphatic rings. The van der Waals surface area contributed by atoms with E-state index in [-0.39, 0.29) is 6.42 Å². The second-order valence-corrected chi connectivity index (χ2v) is 5.15. The molecule has 4 nitrogen and oxygen atoms in total. The van der Waals surface area contributed by atoms with Crippen molar-refractivity contribution in [2.45, 2.75) is 64.1 Å². The molecule has 1 aliphatic carbocycles. The predicted molar refractivity (Wildman–Crippen MR) is 67.1 cm³/mol. The van der Waals surface area contributed by atoms with Gasteiger partial charge in [0.1, 0.15) is 0 Å². The van der Waals surface area contributed by atoms with E-state index in [1.807, 2.05) is 0 Å². The van der Waals surface area contributed by atoms with Gasteiger partial charge in [-0.1, -0.05) is 0 Å². The Balaban J connectivity index is 2.53. The Morgan fingerprint density at radius 2 is 2.18 bits per heavy atom. The maximum atomic E-state index is 10.7. The third kappa shape index (κ3) is 4.64. The zero-order valence-corrected chi connectivity index (χ0v) is 11.2. The second kappa shape index (κ2) is 6.97. The molecule has 2 atom stereocenters. The van der Waals surface area contributed by atoms with E-state index in [1.54, 1.807) is 7.11 Å². The molecule has 0 aromatic rings. The average molecular weight is 243 g/mol. The van der Waals surface area contributed by atoms with Crippen molar-refractivity contribution in [3.63, 3.8) is 0 Å². The first-order chi connectivity index (χ1) is 8.04. The summed E-state index contributed by atoms with van der Waals surface area (Å²) in [5, 5.41) is 8.79. The standard InChI is InChI=1S/C13H25NO3/c1-10(2)14(8-7-13(15)16)11-5-4-6-12(9-11)17-3/h10-12H,4-9H2,1-3H3,(H,15,16). The molecule has 0 heterocycles. The molecule has 0 amide bonds. The molecular weight excluding hydrogens is 218 g/mol. The number of methoxy groups -OCH3 is 1. The average Bonchev–Trinajstić information content (AvgIpc) is 2.28. The lowest BCUT2D eigenvalue weighted by molar-refractivity contribution is -0.137. The Hall–Kier alpha value is -0.610. The Morgan fingerprint density at radius 3 is 2.71 bits per heavy atom. The van der Waals surface area contributed by atoms with Crippen LogP contribution in [-0.4, -0.2) is 47.8 Å². The van der Waals surface area contributed by atoms with Gasteiger partial charge in [-0.15, -0.1) is 0 Å².